The lowest BCUT2D eigenvalue weighted by molar-refractivity contribution is -0.109. The zero-order valence-corrected chi connectivity index (χ0v) is 14.0. The number of fused-ring (bicyclic) bond motifs is 5. The van der Waals surface area contributed by atoms with Crippen molar-refractivity contribution in [3.63, 3.8) is 0 Å². The first-order valence-corrected chi connectivity index (χ1v) is 9.56. The fourth-order valence-corrected chi connectivity index (χ4v) is 7.56. The van der Waals surface area contributed by atoms with Gasteiger partial charge in [-0.15, -0.1) is 0 Å². The van der Waals surface area contributed by atoms with Crippen LogP contribution in [0.1, 0.15) is 85.0 Å². The fraction of sp³-hybridized carbons (Fsp3) is 1.00. The van der Waals surface area contributed by atoms with Gasteiger partial charge in [0.1, 0.15) is 0 Å². The Kier molecular flexibility index (Phi) is 3.07. The Morgan fingerprint density at radius 1 is 0.700 bits per heavy atom. The van der Waals surface area contributed by atoms with Gasteiger partial charge in [0.25, 0.3) is 0 Å². The lowest BCUT2D eigenvalue weighted by Crippen LogP contribution is -2.52. The highest BCUT2D eigenvalue weighted by molar-refractivity contribution is 5.07. The van der Waals surface area contributed by atoms with Gasteiger partial charge in [0.2, 0.25) is 0 Å². The molecule has 0 nitrogen and oxygen atoms in total. The molecule has 0 spiro atoms. The highest BCUT2D eigenvalue weighted by atomic mass is 14.6. The first-order chi connectivity index (χ1) is 9.56. The van der Waals surface area contributed by atoms with E-state index in [9.17, 15) is 0 Å². The molecule has 0 aromatic heterocycles. The Morgan fingerprint density at radius 2 is 1.50 bits per heavy atom. The molecular weight excluding hydrogens is 240 g/mol. The van der Waals surface area contributed by atoms with Crippen molar-refractivity contribution in [2.75, 3.05) is 0 Å². The summed E-state index contributed by atoms with van der Waals surface area (Å²) in [5.41, 5.74) is 1.44. The Hall–Kier alpha value is 0. The fourth-order valence-electron chi connectivity index (χ4n) is 7.56. The quantitative estimate of drug-likeness (QED) is 0.504. The minimum Gasteiger partial charge on any atom is -0.0620 e. The first-order valence-electron chi connectivity index (χ1n) is 9.56. The van der Waals surface area contributed by atoms with Crippen LogP contribution in [-0.2, 0) is 0 Å². The third-order valence-electron chi connectivity index (χ3n) is 9.06. The van der Waals surface area contributed by atoms with Gasteiger partial charge in [-0.1, -0.05) is 33.6 Å². The molecule has 0 saturated heterocycles. The summed E-state index contributed by atoms with van der Waals surface area (Å²) in [6.07, 6.45) is 15.5. The molecule has 0 heteroatoms. The molecule has 0 heterocycles. The molecule has 0 aromatic carbocycles. The van der Waals surface area contributed by atoms with E-state index >= 15 is 0 Å². The Bertz CT molecular complexity index is 385. The summed E-state index contributed by atoms with van der Waals surface area (Å²) in [7, 11) is 0. The topological polar surface area (TPSA) is 0 Å². The van der Waals surface area contributed by atoms with Crippen LogP contribution in [0.5, 0.6) is 0 Å². The summed E-state index contributed by atoms with van der Waals surface area (Å²) in [6, 6.07) is 0. The van der Waals surface area contributed by atoms with Crippen molar-refractivity contribution in [1.29, 1.82) is 0 Å². The smallest absolute Gasteiger partial charge is 0.0266 e. The summed E-state index contributed by atoms with van der Waals surface area (Å²) in [4.78, 5) is 0. The van der Waals surface area contributed by atoms with E-state index in [1.165, 1.54) is 19.3 Å². The largest absolute Gasteiger partial charge is 0.0620 e. The molecular formula is C20H34. The molecule has 0 aromatic rings. The number of rotatable bonds is 0. The van der Waals surface area contributed by atoms with Crippen LogP contribution >= 0.6 is 0 Å². The van der Waals surface area contributed by atoms with Gasteiger partial charge in [0.15, 0.2) is 0 Å². The second-order valence-electron chi connectivity index (χ2n) is 9.43. The Morgan fingerprint density at radius 3 is 2.35 bits per heavy atom. The second kappa shape index (κ2) is 4.50. The molecule has 4 fully saturated rings. The minimum absolute atomic E-state index is 0.707. The third-order valence-corrected chi connectivity index (χ3v) is 9.06. The van der Waals surface area contributed by atoms with Gasteiger partial charge in [-0.2, -0.15) is 0 Å². The van der Waals surface area contributed by atoms with Crippen molar-refractivity contribution in [1.82, 2.24) is 0 Å². The monoisotopic (exact) mass is 274 g/mol. The first kappa shape index (κ1) is 13.6. The summed E-state index contributed by atoms with van der Waals surface area (Å²) in [5.74, 6) is 5.34. The van der Waals surface area contributed by atoms with E-state index in [1.807, 2.05) is 0 Å². The highest BCUT2D eigenvalue weighted by Crippen LogP contribution is 2.67. The lowest BCUT2D eigenvalue weighted by atomic mass is 9.45. The third kappa shape index (κ3) is 1.66. The molecule has 0 radical (unpaired) electrons. The van der Waals surface area contributed by atoms with Gasteiger partial charge in [-0.05, 0) is 91.8 Å². The SMILES string of the molecule is CC1CC[C@H]2[C@@H]3CCC4CCCC[C@]4(C)[C@H]3CC[C@]12C. The van der Waals surface area contributed by atoms with Gasteiger partial charge < -0.3 is 0 Å². The molecule has 2 unspecified atom stereocenters. The van der Waals surface area contributed by atoms with Crippen LogP contribution in [0.2, 0.25) is 0 Å². The Balaban J connectivity index is 1.64. The zero-order valence-electron chi connectivity index (χ0n) is 14.0. The van der Waals surface area contributed by atoms with E-state index in [2.05, 4.69) is 20.8 Å². The maximum atomic E-state index is 2.70. The van der Waals surface area contributed by atoms with Gasteiger partial charge >= 0.3 is 0 Å². The minimum atomic E-state index is 0.707. The second-order valence-corrected chi connectivity index (χ2v) is 9.43. The molecule has 0 aliphatic heterocycles. The van der Waals surface area contributed by atoms with Crippen LogP contribution < -0.4 is 0 Å². The van der Waals surface area contributed by atoms with Crippen LogP contribution in [0.4, 0.5) is 0 Å². The number of hydrogen-bond donors (Lipinski definition) is 0. The van der Waals surface area contributed by atoms with Gasteiger partial charge in [-0.25, -0.2) is 0 Å². The zero-order chi connectivity index (χ0) is 14.0. The average Bonchev–Trinajstić information content (AvgIpc) is 2.74. The van der Waals surface area contributed by atoms with Crippen LogP contribution in [0.15, 0.2) is 0 Å². The van der Waals surface area contributed by atoms with Crippen LogP contribution in [-0.4, -0.2) is 0 Å². The van der Waals surface area contributed by atoms with Crippen molar-refractivity contribution in [2.45, 2.75) is 85.0 Å². The molecule has 0 bridgehead atoms. The van der Waals surface area contributed by atoms with E-state index in [1.54, 1.807) is 44.9 Å². The summed E-state index contributed by atoms with van der Waals surface area (Å²) in [6.45, 7) is 7.91. The van der Waals surface area contributed by atoms with E-state index in [4.69, 9.17) is 0 Å². The van der Waals surface area contributed by atoms with Crippen LogP contribution in [0.25, 0.3) is 0 Å². The van der Waals surface area contributed by atoms with Crippen LogP contribution in [0, 0.1) is 40.4 Å². The molecule has 4 saturated carbocycles. The normalized spacial score (nSPS) is 58.6. The maximum absolute atomic E-state index is 2.70. The van der Waals surface area contributed by atoms with Crippen molar-refractivity contribution in [2.24, 2.45) is 40.4 Å². The molecule has 7 atom stereocenters. The molecule has 4 aliphatic rings. The average molecular weight is 274 g/mol. The van der Waals surface area contributed by atoms with Crippen molar-refractivity contribution >= 4 is 0 Å². The highest BCUT2D eigenvalue weighted by Gasteiger charge is 2.58. The van der Waals surface area contributed by atoms with Crippen molar-refractivity contribution in [3.05, 3.63) is 0 Å². The summed E-state index contributed by atoms with van der Waals surface area (Å²) >= 11 is 0. The van der Waals surface area contributed by atoms with Gasteiger partial charge in [0.05, 0.1) is 0 Å². The Labute approximate surface area is 126 Å². The lowest BCUT2D eigenvalue weighted by Gasteiger charge is -2.60. The van der Waals surface area contributed by atoms with E-state index in [-0.39, 0.29) is 0 Å². The standard InChI is InChI=1S/C20H34/c1-14-7-10-17-16-9-8-15-6-4-5-12-20(15,3)18(16)11-13-19(14,17)2/h14-18H,4-13H2,1-3H3/t14?,15?,16-,17-,18-,19+,20-/m0/s1. The van der Waals surface area contributed by atoms with Gasteiger partial charge in [-0.3, -0.25) is 0 Å². The summed E-state index contributed by atoms with van der Waals surface area (Å²) in [5, 5.41) is 0. The molecule has 4 rings (SSSR count). The van der Waals surface area contributed by atoms with E-state index < -0.39 is 0 Å². The molecule has 0 amide bonds. The molecule has 20 heavy (non-hydrogen) atoms. The predicted octanol–water partition coefficient (Wildman–Crippen LogP) is 6.06. The van der Waals surface area contributed by atoms with Crippen LogP contribution in [0.3, 0.4) is 0 Å². The molecule has 114 valence electrons. The summed E-state index contributed by atoms with van der Waals surface area (Å²) < 4.78 is 0. The van der Waals surface area contributed by atoms with Crippen molar-refractivity contribution < 1.29 is 0 Å². The number of hydrogen-bond acceptors (Lipinski definition) is 0. The predicted molar refractivity (Wildman–Crippen MR) is 85.5 cm³/mol. The van der Waals surface area contributed by atoms with Crippen molar-refractivity contribution in [3.8, 4) is 0 Å². The molecule has 0 N–H and O–H groups in total. The maximum Gasteiger partial charge on any atom is -0.0266 e. The van der Waals surface area contributed by atoms with E-state index in [0.717, 1.165) is 35.0 Å². The van der Waals surface area contributed by atoms with Gasteiger partial charge in [0, 0.05) is 0 Å². The van der Waals surface area contributed by atoms with E-state index in [0.29, 0.717) is 5.41 Å². The molecule has 4 aliphatic carbocycles.